The largest absolute Gasteiger partial charge is 0.390 e. The molecule has 0 aliphatic rings. The summed E-state index contributed by atoms with van der Waals surface area (Å²) in [7, 11) is 0. The van der Waals surface area contributed by atoms with Crippen molar-refractivity contribution in [1.29, 1.82) is 10.5 Å². The van der Waals surface area contributed by atoms with Crippen molar-refractivity contribution < 1.29 is 5.11 Å². The number of aliphatic hydroxyl groups excluding tert-OH is 1. The van der Waals surface area contributed by atoms with Gasteiger partial charge < -0.3 is 10.4 Å². The van der Waals surface area contributed by atoms with Crippen LogP contribution in [0.3, 0.4) is 0 Å². The molecule has 1 aromatic heterocycles. The van der Waals surface area contributed by atoms with E-state index in [4.69, 9.17) is 15.6 Å². The highest BCUT2D eigenvalue weighted by Gasteiger charge is 2.07. The number of rotatable bonds is 4. The van der Waals surface area contributed by atoms with E-state index in [-0.39, 0.29) is 12.2 Å². The number of anilines is 1. The van der Waals surface area contributed by atoms with Crippen LogP contribution in [0.4, 0.5) is 5.69 Å². The third kappa shape index (κ3) is 2.83. The van der Waals surface area contributed by atoms with Gasteiger partial charge in [-0.15, -0.1) is 0 Å². The number of nitriles is 2. The lowest BCUT2D eigenvalue weighted by Gasteiger charge is -2.06. The molecule has 0 aliphatic carbocycles. The molecule has 0 aliphatic heterocycles. The second-order valence-corrected chi connectivity index (χ2v) is 3.91. The number of allylic oxidation sites excluding steroid dienone is 1. The molecule has 3 N–H and O–H groups in total. The molecule has 1 heterocycles. The fraction of sp³-hybridized carbons (Fsp3) is 0.0714. The van der Waals surface area contributed by atoms with Crippen LogP contribution < -0.4 is 5.32 Å². The lowest BCUT2D eigenvalue weighted by molar-refractivity contribution is 0.276. The fourth-order valence-electron chi connectivity index (χ4n) is 1.65. The van der Waals surface area contributed by atoms with Gasteiger partial charge in [-0.2, -0.15) is 15.6 Å². The number of hydrogen-bond donors (Lipinski definition) is 3. The molecule has 0 amide bonds. The summed E-state index contributed by atoms with van der Waals surface area (Å²) >= 11 is 0. The Morgan fingerprint density at radius 1 is 1.35 bits per heavy atom. The Hall–Kier alpha value is -3.09. The Bertz CT molecular complexity index is 702. The van der Waals surface area contributed by atoms with Gasteiger partial charge in [0, 0.05) is 17.5 Å². The number of nitrogens with one attached hydrogen (secondary N) is 2. The van der Waals surface area contributed by atoms with E-state index >= 15 is 0 Å². The molecule has 20 heavy (non-hydrogen) atoms. The molecule has 0 radical (unpaired) electrons. The van der Waals surface area contributed by atoms with E-state index < -0.39 is 0 Å². The lowest BCUT2D eigenvalue weighted by atomic mass is 10.1. The Morgan fingerprint density at radius 2 is 2.10 bits per heavy atom. The Labute approximate surface area is 115 Å². The number of H-pyrrole nitrogens is 1. The molecule has 98 valence electrons. The smallest absolute Gasteiger partial charge is 0.145 e. The summed E-state index contributed by atoms with van der Waals surface area (Å²) in [5, 5.41) is 36.2. The van der Waals surface area contributed by atoms with Gasteiger partial charge in [-0.1, -0.05) is 18.2 Å². The highest BCUT2D eigenvalue weighted by atomic mass is 16.3. The van der Waals surface area contributed by atoms with Crippen LogP contribution in [0.2, 0.25) is 0 Å². The summed E-state index contributed by atoms with van der Waals surface area (Å²) in [5.74, 6) is 0. The third-order valence-corrected chi connectivity index (χ3v) is 2.62. The average molecular weight is 265 g/mol. The molecule has 2 rings (SSSR count). The van der Waals surface area contributed by atoms with Gasteiger partial charge in [0.1, 0.15) is 17.7 Å². The first-order chi connectivity index (χ1) is 9.78. The summed E-state index contributed by atoms with van der Waals surface area (Å²) < 4.78 is 0. The van der Waals surface area contributed by atoms with Gasteiger partial charge in [0.05, 0.1) is 18.0 Å². The van der Waals surface area contributed by atoms with Crippen molar-refractivity contribution in [3.8, 4) is 23.4 Å². The Balaban J connectivity index is 2.34. The minimum absolute atomic E-state index is 0.0159. The molecule has 0 fully saturated rings. The van der Waals surface area contributed by atoms with E-state index in [0.29, 0.717) is 17.1 Å². The van der Waals surface area contributed by atoms with Crippen LogP contribution in [-0.2, 0) is 6.61 Å². The van der Waals surface area contributed by atoms with E-state index in [2.05, 4.69) is 15.5 Å². The molecular formula is C14H11N5O. The second kappa shape index (κ2) is 6.19. The fourth-order valence-corrected chi connectivity index (χ4v) is 1.65. The average Bonchev–Trinajstić information content (AvgIpc) is 2.97. The van der Waals surface area contributed by atoms with Gasteiger partial charge in [-0.25, -0.2) is 0 Å². The minimum Gasteiger partial charge on any atom is -0.390 e. The summed E-state index contributed by atoms with van der Waals surface area (Å²) in [6.07, 6.45) is 1.35. The molecular weight excluding hydrogens is 254 g/mol. The highest BCUT2D eigenvalue weighted by molar-refractivity contribution is 5.76. The van der Waals surface area contributed by atoms with E-state index in [0.717, 1.165) is 5.56 Å². The predicted octanol–water partition coefficient (Wildman–Crippen LogP) is 1.91. The maximum Gasteiger partial charge on any atom is 0.145 e. The van der Waals surface area contributed by atoms with Gasteiger partial charge in [0.25, 0.3) is 0 Å². The van der Waals surface area contributed by atoms with Crippen molar-refractivity contribution >= 4 is 5.69 Å². The second-order valence-electron chi connectivity index (χ2n) is 3.91. The van der Waals surface area contributed by atoms with E-state index in [1.807, 2.05) is 24.3 Å². The molecule has 6 heteroatoms. The summed E-state index contributed by atoms with van der Waals surface area (Å²) in [5.41, 5.74) is 2.78. The zero-order valence-corrected chi connectivity index (χ0v) is 10.5. The first-order valence-corrected chi connectivity index (χ1v) is 5.80. The number of aromatic amines is 1. The summed E-state index contributed by atoms with van der Waals surface area (Å²) in [6.45, 7) is -0.116. The quantitative estimate of drug-likeness (QED) is 0.732. The van der Waals surface area contributed by atoms with Gasteiger partial charge in [0.15, 0.2) is 0 Å². The van der Waals surface area contributed by atoms with Crippen LogP contribution in [0.1, 0.15) is 5.69 Å². The number of benzene rings is 1. The maximum absolute atomic E-state index is 9.04. The van der Waals surface area contributed by atoms with Gasteiger partial charge >= 0.3 is 0 Å². The van der Waals surface area contributed by atoms with Crippen molar-refractivity contribution in [2.45, 2.75) is 6.61 Å². The van der Waals surface area contributed by atoms with E-state index in [1.165, 1.54) is 6.20 Å². The van der Waals surface area contributed by atoms with Crippen LogP contribution in [0.15, 0.2) is 42.1 Å². The molecule has 0 bridgehead atoms. The SMILES string of the molecule is N#CC(C#N)=CNc1ccccc1-c1cc(CO)[nH]n1. The molecule has 0 spiro atoms. The van der Waals surface area contributed by atoms with E-state index in [9.17, 15) is 0 Å². The number of nitrogens with zero attached hydrogens (tertiary/aromatic N) is 3. The maximum atomic E-state index is 9.04. The van der Waals surface area contributed by atoms with Gasteiger partial charge in [0.2, 0.25) is 0 Å². The molecule has 2 aromatic rings. The van der Waals surface area contributed by atoms with Gasteiger partial charge in [-0.3, -0.25) is 5.10 Å². The molecule has 0 unspecified atom stereocenters. The number of hydrogen-bond acceptors (Lipinski definition) is 5. The van der Waals surface area contributed by atoms with Crippen LogP contribution in [0.25, 0.3) is 11.3 Å². The van der Waals surface area contributed by atoms with Crippen molar-refractivity contribution in [2.75, 3.05) is 5.32 Å². The highest BCUT2D eigenvalue weighted by Crippen LogP contribution is 2.26. The van der Waals surface area contributed by atoms with Crippen LogP contribution >= 0.6 is 0 Å². The minimum atomic E-state index is -0.116. The number of para-hydroxylation sites is 1. The van der Waals surface area contributed by atoms with Crippen molar-refractivity contribution in [2.24, 2.45) is 0 Å². The standard InChI is InChI=1S/C14H11N5O/c15-6-10(7-16)8-17-13-4-2-1-3-12(13)14-5-11(9-20)18-19-14/h1-5,8,17,20H,9H2,(H,18,19). The Morgan fingerprint density at radius 3 is 2.75 bits per heavy atom. The summed E-state index contributed by atoms with van der Waals surface area (Å²) in [6, 6.07) is 12.6. The van der Waals surface area contributed by atoms with Crippen molar-refractivity contribution in [1.82, 2.24) is 10.2 Å². The molecule has 6 nitrogen and oxygen atoms in total. The Kier molecular flexibility index (Phi) is 4.13. The first kappa shape index (κ1) is 13.3. The molecule has 0 saturated heterocycles. The topological polar surface area (TPSA) is 109 Å². The van der Waals surface area contributed by atoms with Crippen molar-refractivity contribution in [3.05, 3.63) is 47.8 Å². The zero-order chi connectivity index (χ0) is 14.4. The van der Waals surface area contributed by atoms with Crippen LogP contribution in [0.5, 0.6) is 0 Å². The predicted molar refractivity (Wildman–Crippen MR) is 72.9 cm³/mol. The van der Waals surface area contributed by atoms with Crippen LogP contribution in [-0.4, -0.2) is 15.3 Å². The van der Waals surface area contributed by atoms with Crippen LogP contribution in [0, 0.1) is 22.7 Å². The van der Waals surface area contributed by atoms with E-state index in [1.54, 1.807) is 18.2 Å². The zero-order valence-electron chi connectivity index (χ0n) is 10.5. The monoisotopic (exact) mass is 265 g/mol. The number of aliphatic hydroxyl groups is 1. The lowest BCUT2D eigenvalue weighted by Crippen LogP contribution is -1.93. The third-order valence-electron chi connectivity index (χ3n) is 2.62. The molecule has 0 saturated carbocycles. The van der Waals surface area contributed by atoms with Gasteiger partial charge in [-0.05, 0) is 12.1 Å². The number of aromatic nitrogens is 2. The van der Waals surface area contributed by atoms with Crippen molar-refractivity contribution in [3.63, 3.8) is 0 Å². The molecule has 1 aromatic carbocycles. The summed E-state index contributed by atoms with van der Waals surface area (Å²) in [4.78, 5) is 0. The molecule has 0 atom stereocenters. The normalized spacial score (nSPS) is 9.35. The first-order valence-electron chi connectivity index (χ1n) is 5.80.